The number of anilines is 1. The maximum Gasteiger partial charge on any atom is 0.265 e. The van der Waals surface area contributed by atoms with Crippen molar-refractivity contribution in [2.45, 2.75) is 20.0 Å². The van der Waals surface area contributed by atoms with E-state index < -0.39 is 6.10 Å². The minimum absolute atomic E-state index is 0.269. The zero-order chi connectivity index (χ0) is 16.9. The molecule has 1 N–H and O–H groups in total. The van der Waals surface area contributed by atoms with E-state index in [9.17, 15) is 4.79 Å². The second-order valence-electron chi connectivity index (χ2n) is 5.18. The highest BCUT2D eigenvalue weighted by Crippen LogP contribution is 2.13. The Morgan fingerprint density at radius 1 is 1.17 bits per heavy atom. The van der Waals surface area contributed by atoms with Gasteiger partial charge in [0.15, 0.2) is 6.10 Å². The number of hydrogen-bond donors (Lipinski definition) is 1. The molecule has 0 aliphatic carbocycles. The van der Waals surface area contributed by atoms with Crippen molar-refractivity contribution in [1.29, 1.82) is 0 Å². The highest BCUT2D eigenvalue weighted by molar-refractivity contribution is 5.93. The minimum atomic E-state index is -0.636. The van der Waals surface area contributed by atoms with E-state index in [0.717, 1.165) is 5.82 Å². The first-order chi connectivity index (χ1) is 11.6. The van der Waals surface area contributed by atoms with Gasteiger partial charge in [-0.15, -0.1) is 0 Å². The first kappa shape index (κ1) is 15.7. The normalized spacial score (nSPS) is 11.8. The van der Waals surface area contributed by atoms with Crippen molar-refractivity contribution in [3.63, 3.8) is 0 Å². The van der Waals surface area contributed by atoms with Gasteiger partial charge < -0.3 is 10.1 Å². The number of carbonyl (C=O) groups is 1. The Balaban J connectivity index is 1.63. The Bertz CT molecular complexity index is 815. The van der Waals surface area contributed by atoms with Crippen LogP contribution in [0.1, 0.15) is 12.7 Å². The molecule has 0 fully saturated rings. The summed E-state index contributed by atoms with van der Waals surface area (Å²) in [6, 6.07) is 9.19. The highest BCUT2D eigenvalue weighted by Gasteiger charge is 2.15. The number of carbonyl (C=O) groups excluding carboxylic acids is 1. The third kappa shape index (κ3) is 3.57. The molecule has 2 aromatic heterocycles. The molecule has 0 saturated heterocycles. The molecule has 0 saturated carbocycles. The van der Waals surface area contributed by atoms with Crippen LogP contribution in [0.2, 0.25) is 0 Å². The number of imidazole rings is 1. The Kier molecular flexibility index (Phi) is 4.51. The van der Waals surface area contributed by atoms with E-state index >= 15 is 0 Å². The maximum atomic E-state index is 12.2. The number of amides is 1. The largest absolute Gasteiger partial charge is 0.481 e. The molecule has 1 atom stereocenters. The summed E-state index contributed by atoms with van der Waals surface area (Å²) in [4.78, 5) is 24.8. The van der Waals surface area contributed by atoms with E-state index in [4.69, 9.17) is 4.74 Å². The Hall–Kier alpha value is -3.22. The number of aryl methyl sites for hydroxylation is 1. The summed E-state index contributed by atoms with van der Waals surface area (Å²) in [7, 11) is 0. The number of ether oxygens (including phenoxy) is 1. The van der Waals surface area contributed by atoms with Crippen LogP contribution in [-0.2, 0) is 4.79 Å². The van der Waals surface area contributed by atoms with E-state index in [1.807, 2.05) is 25.1 Å². The Morgan fingerprint density at radius 3 is 2.50 bits per heavy atom. The first-order valence-electron chi connectivity index (χ1n) is 7.48. The van der Waals surface area contributed by atoms with Gasteiger partial charge in [-0.25, -0.2) is 15.0 Å². The summed E-state index contributed by atoms with van der Waals surface area (Å²) in [6.07, 6.45) is 5.92. The number of para-hydroxylation sites is 1. The van der Waals surface area contributed by atoms with Gasteiger partial charge in [0.1, 0.15) is 11.6 Å². The summed E-state index contributed by atoms with van der Waals surface area (Å²) in [5.74, 6) is 1.66. The van der Waals surface area contributed by atoms with Crippen LogP contribution >= 0.6 is 0 Å². The van der Waals surface area contributed by atoms with E-state index in [-0.39, 0.29) is 5.91 Å². The van der Waals surface area contributed by atoms with Gasteiger partial charge >= 0.3 is 0 Å². The second-order valence-corrected chi connectivity index (χ2v) is 5.18. The van der Waals surface area contributed by atoms with Crippen molar-refractivity contribution in [2.24, 2.45) is 0 Å². The van der Waals surface area contributed by atoms with Crippen molar-refractivity contribution >= 4 is 11.6 Å². The standard InChI is InChI=1S/C17H17N5O2/c1-12(24-15-6-4-3-5-7-15)16(23)21-14-10-19-17(20-11-14)22-9-8-18-13(22)2/h3-12H,1-2H3,(H,21,23)/t12-/m1/s1. The number of nitrogens with one attached hydrogen (secondary N) is 1. The van der Waals surface area contributed by atoms with Crippen molar-refractivity contribution in [1.82, 2.24) is 19.5 Å². The first-order valence-corrected chi connectivity index (χ1v) is 7.48. The smallest absolute Gasteiger partial charge is 0.265 e. The average Bonchev–Trinajstić information content (AvgIpc) is 3.02. The number of nitrogens with zero attached hydrogens (tertiary/aromatic N) is 4. The van der Waals surface area contributed by atoms with Gasteiger partial charge in [-0.05, 0) is 26.0 Å². The second kappa shape index (κ2) is 6.91. The molecule has 0 unspecified atom stereocenters. The molecule has 1 aromatic carbocycles. The monoisotopic (exact) mass is 323 g/mol. The number of rotatable bonds is 5. The molecule has 3 aromatic rings. The molecule has 0 spiro atoms. The topological polar surface area (TPSA) is 81.9 Å². The summed E-state index contributed by atoms with van der Waals surface area (Å²) < 4.78 is 7.34. The fraction of sp³-hybridized carbons (Fsp3) is 0.176. The minimum Gasteiger partial charge on any atom is -0.481 e. The third-order valence-corrected chi connectivity index (χ3v) is 3.37. The molecule has 122 valence electrons. The third-order valence-electron chi connectivity index (χ3n) is 3.37. The molecule has 0 aliphatic heterocycles. The van der Waals surface area contributed by atoms with Crippen LogP contribution in [0.15, 0.2) is 55.1 Å². The van der Waals surface area contributed by atoms with Gasteiger partial charge in [0, 0.05) is 12.4 Å². The Morgan fingerprint density at radius 2 is 1.88 bits per heavy atom. The fourth-order valence-corrected chi connectivity index (χ4v) is 2.10. The quantitative estimate of drug-likeness (QED) is 0.779. The summed E-state index contributed by atoms with van der Waals surface area (Å²) >= 11 is 0. The van der Waals surface area contributed by atoms with Gasteiger partial charge in [-0.2, -0.15) is 0 Å². The lowest BCUT2D eigenvalue weighted by molar-refractivity contribution is -0.122. The predicted octanol–water partition coefficient (Wildman–Crippen LogP) is 2.38. The molecule has 7 heteroatoms. The zero-order valence-corrected chi connectivity index (χ0v) is 13.4. The van der Waals surface area contributed by atoms with Crippen LogP contribution in [0.5, 0.6) is 5.75 Å². The Labute approximate surface area is 139 Å². The SMILES string of the molecule is Cc1nccn1-c1ncc(NC(=O)[C@@H](C)Oc2ccccc2)cn1. The number of benzene rings is 1. The van der Waals surface area contributed by atoms with E-state index in [1.54, 1.807) is 48.4 Å². The van der Waals surface area contributed by atoms with E-state index in [2.05, 4.69) is 20.3 Å². The van der Waals surface area contributed by atoms with Gasteiger partial charge in [-0.3, -0.25) is 9.36 Å². The molecular weight excluding hydrogens is 306 g/mol. The summed E-state index contributed by atoms with van der Waals surface area (Å²) in [5.41, 5.74) is 0.505. The lowest BCUT2D eigenvalue weighted by atomic mass is 10.3. The molecule has 24 heavy (non-hydrogen) atoms. The molecule has 7 nitrogen and oxygen atoms in total. The number of hydrogen-bond acceptors (Lipinski definition) is 5. The van der Waals surface area contributed by atoms with Gasteiger partial charge in [0.05, 0.1) is 18.1 Å². The molecule has 0 aliphatic rings. The molecule has 0 radical (unpaired) electrons. The number of aromatic nitrogens is 4. The highest BCUT2D eigenvalue weighted by atomic mass is 16.5. The van der Waals surface area contributed by atoms with Gasteiger partial charge in [0.2, 0.25) is 5.95 Å². The summed E-state index contributed by atoms with van der Waals surface area (Å²) in [6.45, 7) is 3.55. The van der Waals surface area contributed by atoms with Crippen molar-refractivity contribution in [3.8, 4) is 11.7 Å². The van der Waals surface area contributed by atoms with Crippen LogP contribution in [0, 0.1) is 6.92 Å². The maximum absolute atomic E-state index is 12.2. The van der Waals surface area contributed by atoms with Crippen molar-refractivity contribution < 1.29 is 9.53 Å². The fourth-order valence-electron chi connectivity index (χ4n) is 2.10. The van der Waals surface area contributed by atoms with Gasteiger partial charge in [0.25, 0.3) is 5.91 Å². The van der Waals surface area contributed by atoms with Crippen LogP contribution < -0.4 is 10.1 Å². The van der Waals surface area contributed by atoms with Gasteiger partial charge in [-0.1, -0.05) is 18.2 Å². The van der Waals surface area contributed by atoms with Crippen LogP contribution in [0.25, 0.3) is 5.95 Å². The van der Waals surface area contributed by atoms with Crippen LogP contribution in [0.4, 0.5) is 5.69 Å². The predicted molar refractivity (Wildman–Crippen MR) is 89.1 cm³/mol. The van der Waals surface area contributed by atoms with E-state index in [0.29, 0.717) is 17.4 Å². The lowest BCUT2D eigenvalue weighted by Gasteiger charge is -2.14. The molecule has 0 bridgehead atoms. The lowest BCUT2D eigenvalue weighted by Crippen LogP contribution is -2.30. The summed E-state index contributed by atoms with van der Waals surface area (Å²) in [5, 5.41) is 2.74. The van der Waals surface area contributed by atoms with Crippen molar-refractivity contribution in [3.05, 3.63) is 60.9 Å². The van der Waals surface area contributed by atoms with Crippen LogP contribution in [-0.4, -0.2) is 31.5 Å². The zero-order valence-electron chi connectivity index (χ0n) is 13.4. The van der Waals surface area contributed by atoms with E-state index in [1.165, 1.54) is 0 Å². The molecular formula is C17H17N5O2. The molecule has 2 heterocycles. The molecule has 3 rings (SSSR count). The average molecular weight is 323 g/mol. The van der Waals surface area contributed by atoms with Crippen molar-refractivity contribution in [2.75, 3.05) is 5.32 Å². The molecule has 1 amide bonds. The van der Waals surface area contributed by atoms with Crippen LogP contribution in [0.3, 0.4) is 0 Å².